The number of hydrogen-bond donors (Lipinski definition) is 1. The molecule has 1 aromatic rings. The second-order valence-corrected chi connectivity index (χ2v) is 5.40. The van der Waals surface area contributed by atoms with Gasteiger partial charge in [0.2, 0.25) is 0 Å². The van der Waals surface area contributed by atoms with Crippen LogP contribution in [-0.4, -0.2) is 13.6 Å². The van der Waals surface area contributed by atoms with Crippen molar-refractivity contribution in [3.63, 3.8) is 0 Å². The van der Waals surface area contributed by atoms with Crippen LogP contribution in [0.25, 0.3) is 0 Å². The first-order valence-electron chi connectivity index (χ1n) is 7.03. The number of hydrogen-bond acceptors (Lipinski definition) is 1. The first-order valence-corrected chi connectivity index (χ1v) is 7.03. The molecule has 0 aliphatic heterocycles. The molecular weight excluding hydrogens is 206 g/mol. The first-order chi connectivity index (χ1) is 8.33. The van der Waals surface area contributed by atoms with Crippen LogP contribution in [0, 0.1) is 12.8 Å². The lowest BCUT2D eigenvalue weighted by Crippen LogP contribution is -2.18. The molecule has 0 amide bonds. The van der Waals surface area contributed by atoms with Gasteiger partial charge in [0.15, 0.2) is 0 Å². The highest BCUT2D eigenvalue weighted by Crippen LogP contribution is 2.40. The van der Waals surface area contributed by atoms with Crippen molar-refractivity contribution in [1.29, 1.82) is 0 Å². The largest absolute Gasteiger partial charge is 0.320 e. The van der Waals surface area contributed by atoms with E-state index >= 15 is 0 Å². The van der Waals surface area contributed by atoms with E-state index in [2.05, 4.69) is 43.6 Å². The lowest BCUT2D eigenvalue weighted by Gasteiger charge is -2.25. The highest BCUT2D eigenvalue weighted by Gasteiger charge is 2.26. The summed E-state index contributed by atoms with van der Waals surface area (Å²) < 4.78 is 0. The topological polar surface area (TPSA) is 12.0 Å². The van der Waals surface area contributed by atoms with E-state index in [0.717, 1.165) is 18.4 Å². The minimum Gasteiger partial charge on any atom is -0.320 e. The fourth-order valence-electron chi connectivity index (χ4n) is 3.31. The summed E-state index contributed by atoms with van der Waals surface area (Å²) in [5.41, 5.74) is 3.06. The highest BCUT2D eigenvalue weighted by molar-refractivity contribution is 5.30. The molecule has 2 rings (SSSR count). The van der Waals surface area contributed by atoms with E-state index in [9.17, 15) is 0 Å². The highest BCUT2D eigenvalue weighted by atomic mass is 14.8. The van der Waals surface area contributed by atoms with E-state index in [1.165, 1.54) is 37.7 Å². The molecule has 1 aliphatic carbocycles. The van der Waals surface area contributed by atoms with Gasteiger partial charge in [-0.15, -0.1) is 0 Å². The minimum atomic E-state index is 0.770. The molecule has 1 heteroatoms. The van der Waals surface area contributed by atoms with Gasteiger partial charge in [0, 0.05) is 0 Å². The average Bonchev–Trinajstić information content (AvgIpc) is 2.85. The Balaban J connectivity index is 2.16. The molecule has 1 fully saturated rings. The molecule has 94 valence electrons. The van der Waals surface area contributed by atoms with Crippen LogP contribution in [0.3, 0.4) is 0 Å². The summed E-state index contributed by atoms with van der Waals surface area (Å²) in [4.78, 5) is 0. The van der Waals surface area contributed by atoms with Gasteiger partial charge >= 0.3 is 0 Å². The maximum atomic E-state index is 3.31. The molecule has 1 aliphatic rings. The van der Waals surface area contributed by atoms with E-state index in [1.54, 1.807) is 5.56 Å². The third kappa shape index (κ3) is 3.10. The Morgan fingerprint density at radius 1 is 1.24 bits per heavy atom. The van der Waals surface area contributed by atoms with Gasteiger partial charge in [-0.3, -0.25) is 0 Å². The SMILES string of the molecule is CNCCC(c1ccccc1C)C1CCCC1. The summed E-state index contributed by atoms with van der Waals surface area (Å²) in [6.45, 7) is 3.40. The molecule has 1 N–H and O–H groups in total. The molecule has 0 bridgehead atoms. The van der Waals surface area contributed by atoms with E-state index in [1.807, 2.05) is 0 Å². The second-order valence-electron chi connectivity index (χ2n) is 5.40. The normalized spacial score (nSPS) is 18.5. The van der Waals surface area contributed by atoms with Crippen LogP contribution in [0.1, 0.15) is 49.1 Å². The smallest absolute Gasteiger partial charge is 0.00460 e. The van der Waals surface area contributed by atoms with E-state index in [0.29, 0.717) is 0 Å². The van der Waals surface area contributed by atoms with Crippen LogP contribution < -0.4 is 5.32 Å². The molecule has 0 saturated heterocycles. The Bertz CT molecular complexity index is 339. The molecule has 0 radical (unpaired) electrons. The minimum absolute atomic E-state index is 0.770. The molecular formula is C16H25N. The van der Waals surface area contributed by atoms with Crippen molar-refractivity contribution < 1.29 is 0 Å². The van der Waals surface area contributed by atoms with Gasteiger partial charge in [-0.05, 0) is 62.7 Å². The predicted octanol–water partition coefficient (Wildman–Crippen LogP) is 3.88. The van der Waals surface area contributed by atoms with Crippen molar-refractivity contribution >= 4 is 0 Å². The maximum Gasteiger partial charge on any atom is -0.00460 e. The Labute approximate surface area is 106 Å². The molecule has 17 heavy (non-hydrogen) atoms. The van der Waals surface area contributed by atoms with Gasteiger partial charge in [-0.2, -0.15) is 0 Å². The zero-order chi connectivity index (χ0) is 12.1. The van der Waals surface area contributed by atoms with E-state index in [-0.39, 0.29) is 0 Å². The van der Waals surface area contributed by atoms with Gasteiger partial charge in [0.1, 0.15) is 0 Å². The van der Waals surface area contributed by atoms with Gasteiger partial charge in [-0.1, -0.05) is 37.1 Å². The number of rotatable bonds is 5. The third-order valence-electron chi connectivity index (χ3n) is 4.26. The first kappa shape index (κ1) is 12.6. The lowest BCUT2D eigenvalue weighted by atomic mass is 9.81. The van der Waals surface area contributed by atoms with Crippen molar-refractivity contribution in [3.05, 3.63) is 35.4 Å². The average molecular weight is 231 g/mol. The number of benzene rings is 1. The maximum absolute atomic E-state index is 3.31. The molecule has 1 aromatic carbocycles. The van der Waals surface area contributed by atoms with Crippen LogP contribution >= 0.6 is 0 Å². The summed E-state index contributed by atoms with van der Waals surface area (Å²) in [5, 5.41) is 3.31. The van der Waals surface area contributed by atoms with E-state index < -0.39 is 0 Å². The Kier molecular flexibility index (Phi) is 4.61. The van der Waals surface area contributed by atoms with Gasteiger partial charge in [0.05, 0.1) is 0 Å². The third-order valence-corrected chi connectivity index (χ3v) is 4.26. The van der Waals surface area contributed by atoms with Gasteiger partial charge < -0.3 is 5.32 Å². The summed E-state index contributed by atoms with van der Waals surface area (Å²) in [6.07, 6.45) is 7.02. The molecule has 1 nitrogen and oxygen atoms in total. The summed E-state index contributed by atoms with van der Waals surface area (Å²) in [6, 6.07) is 8.96. The molecule has 1 atom stereocenters. The van der Waals surface area contributed by atoms with Crippen LogP contribution in [0.2, 0.25) is 0 Å². The van der Waals surface area contributed by atoms with Crippen molar-refractivity contribution in [1.82, 2.24) is 5.32 Å². The number of nitrogens with one attached hydrogen (secondary N) is 1. The summed E-state index contributed by atoms with van der Waals surface area (Å²) in [7, 11) is 2.06. The molecule has 0 aromatic heterocycles. The van der Waals surface area contributed by atoms with Gasteiger partial charge in [0.25, 0.3) is 0 Å². The molecule has 0 heterocycles. The quantitative estimate of drug-likeness (QED) is 0.811. The standard InChI is InChI=1S/C16H25N/c1-13-7-3-6-10-15(13)16(11-12-17-2)14-8-4-5-9-14/h3,6-7,10,14,16-17H,4-5,8-9,11-12H2,1-2H3. The van der Waals surface area contributed by atoms with Crippen LogP contribution in [0.5, 0.6) is 0 Å². The molecule has 1 saturated carbocycles. The summed E-state index contributed by atoms with van der Waals surface area (Å²) >= 11 is 0. The lowest BCUT2D eigenvalue weighted by molar-refractivity contribution is 0.406. The van der Waals surface area contributed by atoms with Crippen LogP contribution in [0.4, 0.5) is 0 Å². The monoisotopic (exact) mass is 231 g/mol. The Hall–Kier alpha value is -0.820. The van der Waals surface area contributed by atoms with Crippen molar-refractivity contribution in [2.24, 2.45) is 5.92 Å². The van der Waals surface area contributed by atoms with Crippen molar-refractivity contribution in [2.45, 2.75) is 44.9 Å². The zero-order valence-corrected chi connectivity index (χ0v) is 11.2. The van der Waals surface area contributed by atoms with Crippen LogP contribution in [-0.2, 0) is 0 Å². The van der Waals surface area contributed by atoms with Crippen molar-refractivity contribution in [3.8, 4) is 0 Å². The molecule has 1 unspecified atom stereocenters. The van der Waals surface area contributed by atoms with Crippen LogP contribution in [0.15, 0.2) is 24.3 Å². The van der Waals surface area contributed by atoms with Crippen molar-refractivity contribution in [2.75, 3.05) is 13.6 Å². The summed E-state index contributed by atoms with van der Waals surface area (Å²) in [5.74, 6) is 1.69. The Morgan fingerprint density at radius 3 is 2.59 bits per heavy atom. The van der Waals surface area contributed by atoms with Gasteiger partial charge in [-0.25, -0.2) is 0 Å². The fraction of sp³-hybridized carbons (Fsp3) is 0.625. The molecule has 0 spiro atoms. The second kappa shape index (κ2) is 6.20. The Morgan fingerprint density at radius 2 is 1.94 bits per heavy atom. The predicted molar refractivity (Wildman–Crippen MR) is 74.4 cm³/mol. The fourth-order valence-corrected chi connectivity index (χ4v) is 3.31. The van der Waals surface area contributed by atoms with E-state index in [4.69, 9.17) is 0 Å². The number of aryl methyl sites for hydroxylation is 1. The zero-order valence-electron chi connectivity index (χ0n) is 11.2.